The van der Waals surface area contributed by atoms with Crippen molar-refractivity contribution in [3.63, 3.8) is 0 Å². The summed E-state index contributed by atoms with van der Waals surface area (Å²) in [5.74, 6) is -0.698. The molecule has 1 atom stereocenters. The zero-order valence-corrected chi connectivity index (χ0v) is 8.17. The van der Waals surface area contributed by atoms with Gasteiger partial charge in [0.1, 0.15) is 17.0 Å². The normalized spacial score (nSPS) is 19.4. The Kier molecular flexibility index (Phi) is 2.37. The highest BCUT2D eigenvalue weighted by molar-refractivity contribution is 5.90. The summed E-state index contributed by atoms with van der Waals surface area (Å²) in [6, 6.07) is -0.237. The summed E-state index contributed by atoms with van der Waals surface area (Å²) in [5, 5.41) is 12.8. The van der Waals surface area contributed by atoms with Gasteiger partial charge in [0.25, 0.3) is 0 Å². The van der Waals surface area contributed by atoms with E-state index in [4.69, 9.17) is 9.63 Å². The van der Waals surface area contributed by atoms with Crippen molar-refractivity contribution in [1.82, 2.24) is 5.16 Å². The molecule has 0 amide bonds. The fourth-order valence-electron chi connectivity index (χ4n) is 1.54. The molecule has 1 aliphatic heterocycles. The van der Waals surface area contributed by atoms with Gasteiger partial charge >= 0.3 is 5.97 Å². The number of dihydropyridines is 1. The van der Waals surface area contributed by atoms with E-state index < -0.39 is 5.97 Å². The second-order valence-electron chi connectivity index (χ2n) is 3.28. The summed E-state index contributed by atoms with van der Waals surface area (Å²) in [4.78, 5) is 15.1. The van der Waals surface area contributed by atoms with Crippen LogP contribution in [0.3, 0.4) is 0 Å². The molecule has 0 aromatic carbocycles. The second kappa shape index (κ2) is 3.68. The number of aryl methyl sites for hydroxylation is 1. The molecule has 1 aliphatic rings. The molecule has 1 N–H and O–H groups in total. The van der Waals surface area contributed by atoms with Gasteiger partial charge in [0, 0.05) is 6.21 Å². The number of carboxylic acid groups (broad SMARTS) is 1. The molecule has 0 aliphatic carbocycles. The predicted octanol–water partition coefficient (Wildman–Crippen LogP) is 1.75. The highest BCUT2D eigenvalue weighted by Crippen LogP contribution is 2.27. The van der Waals surface area contributed by atoms with E-state index in [2.05, 4.69) is 10.1 Å². The predicted molar refractivity (Wildman–Crippen MR) is 53.2 cm³/mol. The van der Waals surface area contributed by atoms with E-state index in [-0.39, 0.29) is 11.6 Å². The molecule has 15 heavy (non-hydrogen) atoms. The molecule has 5 nitrogen and oxygen atoms in total. The quantitative estimate of drug-likeness (QED) is 0.799. The lowest BCUT2D eigenvalue weighted by Gasteiger charge is -2.09. The first-order valence-electron chi connectivity index (χ1n) is 4.58. The molecule has 2 rings (SSSR count). The Balaban J connectivity index is 2.40. The molecule has 1 aromatic heterocycles. The number of allylic oxidation sites excluding steroid dienone is 1. The molecular weight excluding hydrogens is 196 g/mol. The van der Waals surface area contributed by atoms with Crippen molar-refractivity contribution in [3.05, 3.63) is 29.2 Å². The third-order valence-electron chi connectivity index (χ3n) is 2.27. The zero-order valence-electron chi connectivity index (χ0n) is 8.17. The highest BCUT2D eigenvalue weighted by Gasteiger charge is 2.25. The topological polar surface area (TPSA) is 75.7 Å². The summed E-state index contributed by atoms with van der Waals surface area (Å²) < 4.78 is 4.88. The van der Waals surface area contributed by atoms with E-state index in [0.717, 1.165) is 0 Å². The van der Waals surface area contributed by atoms with Crippen molar-refractivity contribution in [2.75, 3.05) is 0 Å². The molecule has 0 bridgehead atoms. The Morgan fingerprint density at radius 3 is 3.07 bits per heavy atom. The lowest BCUT2D eigenvalue weighted by Crippen LogP contribution is -2.07. The smallest absolute Gasteiger partial charge is 0.341 e. The van der Waals surface area contributed by atoms with Crippen molar-refractivity contribution < 1.29 is 14.4 Å². The summed E-state index contributed by atoms with van der Waals surface area (Å²) >= 11 is 0. The van der Waals surface area contributed by atoms with E-state index >= 15 is 0 Å². The number of rotatable bonds is 2. The molecule has 2 heterocycles. The number of hydrogen-bond donors (Lipinski definition) is 1. The minimum atomic E-state index is -1.02. The van der Waals surface area contributed by atoms with Gasteiger partial charge in [-0.1, -0.05) is 11.2 Å². The van der Waals surface area contributed by atoms with Gasteiger partial charge in [-0.3, -0.25) is 4.99 Å². The van der Waals surface area contributed by atoms with Crippen LogP contribution in [0.2, 0.25) is 0 Å². The van der Waals surface area contributed by atoms with E-state index in [1.807, 2.05) is 12.2 Å². The van der Waals surface area contributed by atoms with Crippen LogP contribution in [-0.2, 0) is 0 Å². The van der Waals surface area contributed by atoms with Gasteiger partial charge in [0.2, 0.25) is 0 Å². The number of hydrogen-bond acceptors (Lipinski definition) is 4. The van der Waals surface area contributed by atoms with Gasteiger partial charge in [0.05, 0.1) is 6.04 Å². The summed E-state index contributed by atoms with van der Waals surface area (Å²) in [5.41, 5.74) is 0.535. The lowest BCUT2D eigenvalue weighted by molar-refractivity contribution is 0.0693. The third kappa shape index (κ3) is 1.68. The minimum Gasteiger partial charge on any atom is -0.477 e. The van der Waals surface area contributed by atoms with E-state index in [9.17, 15) is 4.79 Å². The van der Waals surface area contributed by atoms with Crippen LogP contribution >= 0.6 is 0 Å². The number of carbonyl (C=O) groups is 1. The van der Waals surface area contributed by atoms with Crippen LogP contribution in [-0.4, -0.2) is 22.4 Å². The third-order valence-corrected chi connectivity index (χ3v) is 2.27. The summed E-state index contributed by atoms with van der Waals surface area (Å²) in [6.07, 6.45) is 6.05. The van der Waals surface area contributed by atoms with Crippen LogP contribution in [0.25, 0.3) is 0 Å². The van der Waals surface area contributed by atoms with E-state index in [0.29, 0.717) is 17.9 Å². The minimum absolute atomic E-state index is 0.132. The van der Waals surface area contributed by atoms with Gasteiger partial charge in [-0.15, -0.1) is 0 Å². The Morgan fingerprint density at radius 1 is 1.67 bits per heavy atom. The summed E-state index contributed by atoms with van der Waals surface area (Å²) in [7, 11) is 0. The van der Waals surface area contributed by atoms with Crippen molar-refractivity contribution in [3.8, 4) is 0 Å². The largest absolute Gasteiger partial charge is 0.477 e. The first kappa shape index (κ1) is 9.64. The van der Waals surface area contributed by atoms with Crippen LogP contribution in [0.1, 0.15) is 34.3 Å². The zero-order chi connectivity index (χ0) is 10.8. The Bertz CT molecular complexity index is 446. The van der Waals surface area contributed by atoms with Crippen LogP contribution in [0.4, 0.5) is 0 Å². The average molecular weight is 206 g/mol. The SMILES string of the molecule is Cc1onc(C2CC=CC=N2)c1C(=O)O. The van der Waals surface area contributed by atoms with Crippen LogP contribution in [0.5, 0.6) is 0 Å². The van der Waals surface area contributed by atoms with Gasteiger partial charge in [-0.25, -0.2) is 4.79 Å². The molecule has 0 saturated heterocycles. The van der Waals surface area contributed by atoms with Gasteiger partial charge in [-0.2, -0.15) is 0 Å². The standard InChI is InChI=1S/C10H10N2O3/c1-6-8(10(13)14)9(12-15-6)7-4-2-3-5-11-7/h2-3,5,7H,4H2,1H3,(H,13,14). The van der Waals surface area contributed by atoms with E-state index in [1.165, 1.54) is 0 Å². The molecule has 1 aromatic rings. The fourth-order valence-corrected chi connectivity index (χ4v) is 1.54. The Hall–Kier alpha value is -1.91. The van der Waals surface area contributed by atoms with Gasteiger partial charge in [-0.05, 0) is 19.4 Å². The number of carboxylic acids is 1. The molecule has 0 spiro atoms. The molecule has 1 unspecified atom stereocenters. The number of aromatic nitrogens is 1. The number of aliphatic imine (C=N–C) groups is 1. The average Bonchev–Trinajstić information content (AvgIpc) is 2.61. The first-order valence-corrected chi connectivity index (χ1v) is 4.58. The van der Waals surface area contributed by atoms with Crippen molar-refractivity contribution in [2.45, 2.75) is 19.4 Å². The van der Waals surface area contributed by atoms with Crippen molar-refractivity contribution >= 4 is 12.2 Å². The maximum atomic E-state index is 11.0. The molecule has 5 heteroatoms. The fraction of sp³-hybridized carbons (Fsp3) is 0.300. The van der Waals surface area contributed by atoms with Gasteiger partial charge < -0.3 is 9.63 Å². The summed E-state index contributed by atoms with van der Waals surface area (Å²) in [6.45, 7) is 1.59. The maximum absolute atomic E-state index is 11.0. The molecule has 0 fully saturated rings. The maximum Gasteiger partial charge on any atom is 0.341 e. The molecule has 0 radical (unpaired) electrons. The van der Waals surface area contributed by atoms with E-state index in [1.54, 1.807) is 13.1 Å². The number of nitrogens with zero attached hydrogens (tertiary/aromatic N) is 2. The monoisotopic (exact) mass is 206 g/mol. The lowest BCUT2D eigenvalue weighted by atomic mass is 10.0. The van der Waals surface area contributed by atoms with Crippen LogP contribution in [0.15, 0.2) is 21.7 Å². The van der Waals surface area contributed by atoms with Crippen LogP contribution < -0.4 is 0 Å². The second-order valence-corrected chi connectivity index (χ2v) is 3.28. The molecule has 78 valence electrons. The van der Waals surface area contributed by atoms with Gasteiger partial charge in [0.15, 0.2) is 0 Å². The Morgan fingerprint density at radius 2 is 2.47 bits per heavy atom. The number of aromatic carboxylic acids is 1. The van der Waals surface area contributed by atoms with Crippen molar-refractivity contribution in [2.24, 2.45) is 4.99 Å². The molecule has 0 saturated carbocycles. The first-order chi connectivity index (χ1) is 7.20. The molecular formula is C10H10N2O3. The van der Waals surface area contributed by atoms with Crippen LogP contribution in [0, 0.1) is 6.92 Å². The Labute approximate surface area is 86.1 Å². The van der Waals surface area contributed by atoms with Crippen molar-refractivity contribution in [1.29, 1.82) is 0 Å². The highest BCUT2D eigenvalue weighted by atomic mass is 16.5.